The lowest BCUT2D eigenvalue weighted by molar-refractivity contribution is -0.160. The van der Waals surface area contributed by atoms with Crippen molar-refractivity contribution >= 4 is 23.2 Å². The molecule has 1 amide bonds. The first kappa shape index (κ1) is 13.9. The van der Waals surface area contributed by atoms with Crippen LogP contribution in [0.2, 0.25) is 0 Å². The molecule has 0 spiro atoms. The van der Waals surface area contributed by atoms with Crippen LogP contribution < -0.4 is 0 Å². The first-order valence-corrected chi connectivity index (χ1v) is 7.19. The number of rotatable bonds is 2. The van der Waals surface area contributed by atoms with Crippen molar-refractivity contribution < 1.29 is 14.3 Å². The number of esters is 1. The third kappa shape index (κ3) is 3.28. The Morgan fingerprint density at radius 3 is 2.89 bits per heavy atom. The van der Waals surface area contributed by atoms with Gasteiger partial charge in [-0.1, -0.05) is 0 Å². The third-order valence-corrected chi connectivity index (χ3v) is 4.05. The van der Waals surface area contributed by atoms with Gasteiger partial charge in [0.15, 0.2) is 0 Å². The summed E-state index contributed by atoms with van der Waals surface area (Å²) in [5.74, 6) is -1.14. The molecule has 1 fully saturated rings. The van der Waals surface area contributed by atoms with Crippen LogP contribution in [0.4, 0.5) is 0 Å². The highest BCUT2D eigenvalue weighted by Crippen LogP contribution is 2.28. The molecule has 1 saturated heterocycles. The molecule has 0 aromatic carbocycles. The molecule has 1 aromatic heterocycles. The summed E-state index contributed by atoms with van der Waals surface area (Å²) in [6, 6.07) is 0. The summed E-state index contributed by atoms with van der Waals surface area (Å²) in [6.07, 6.45) is 1.84. The van der Waals surface area contributed by atoms with Crippen LogP contribution in [-0.4, -0.2) is 46.7 Å². The molecule has 19 heavy (non-hydrogen) atoms. The van der Waals surface area contributed by atoms with Crippen molar-refractivity contribution in [2.75, 3.05) is 19.7 Å². The Bertz CT molecular complexity index is 475. The lowest BCUT2D eigenvalue weighted by Crippen LogP contribution is -2.43. The van der Waals surface area contributed by atoms with Crippen LogP contribution in [0, 0.1) is 6.92 Å². The molecular formula is C12H17N3O3S. The summed E-state index contributed by atoms with van der Waals surface area (Å²) < 4.78 is 4.75. The first-order valence-electron chi connectivity index (χ1n) is 6.37. The van der Waals surface area contributed by atoms with Crippen LogP contribution in [0.5, 0.6) is 0 Å². The molecule has 1 aliphatic heterocycles. The maximum atomic E-state index is 11.9. The van der Waals surface area contributed by atoms with Gasteiger partial charge in [0, 0.05) is 19.0 Å². The van der Waals surface area contributed by atoms with Crippen molar-refractivity contribution in [3.63, 3.8) is 0 Å². The van der Waals surface area contributed by atoms with Gasteiger partial charge in [0.05, 0.1) is 6.61 Å². The Balaban J connectivity index is 2.01. The predicted molar refractivity (Wildman–Crippen MR) is 69.8 cm³/mol. The average Bonchev–Trinajstić information content (AvgIpc) is 2.85. The van der Waals surface area contributed by atoms with Crippen LogP contribution >= 0.6 is 11.3 Å². The molecule has 2 heterocycles. The number of likely N-dealkylation sites (tertiary alicyclic amines) is 1. The second kappa shape index (κ2) is 6.10. The minimum absolute atomic E-state index is 0.179. The number of amides is 1. The number of aromatic nitrogens is 2. The molecular weight excluding hydrogens is 266 g/mol. The largest absolute Gasteiger partial charge is 0.459 e. The molecule has 0 N–H and O–H groups in total. The van der Waals surface area contributed by atoms with E-state index >= 15 is 0 Å². The van der Waals surface area contributed by atoms with E-state index in [0.29, 0.717) is 13.1 Å². The number of nitrogens with zero attached hydrogens (tertiary/aromatic N) is 3. The molecule has 2 rings (SSSR count). The number of carbonyl (C=O) groups excluding carboxylic acids is 2. The Labute approximate surface area is 115 Å². The molecule has 0 radical (unpaired) electrons. The first-order chi connectivity index (χ1) is 9.11. The molecule has 6 nitrogen and oxygen atoms in total. The molecule has 1 unspecified atom stereocenters. The summed E-state index contributed by atoms with van der Waals surface area (Å²) >= 11 is 1.55. The second-order valence-electron chi connectivity index (χ2n) is 4.47. The number of carbonyl (C=O) groups is 2. The molecule has 0 bridgehead atoms. The van der Waals surface area contributed by atoms with E-state index in [1.165, 1.54) is 0 Å². The second-order valence-corrected chi connectivity index (χ2v) is 5.68. The minimum atomic E-state index is -0.767. The van der Waals surface area contributed by atoms with E-state index in [9.17, 15) is 9.59 Å². The van der Waals surface area contributed by atoms with Crippen molar-refractivity contribution in [2.45, 2.75) is 32.6 Å². The summed E-state index contributed by atoms with van der Waals surface area (Å²) in [7, 11) is 0. The Morgan fingerprint density at radius 1 is 1.47 bits per heavy atom. The zero-order valence-corrected chi connectivity index (χ0v) is 11.9. The Hall–Kier alpha value is -1.50. The van der Waals surface area contributed by atoms with E-state index in [0.717, 1.165) is 22.9 Å². The maximum absolute atomic E-state index is 11.9. The topological polar surface area (TPSA) is 72.4 Å². The standard InChI is InChI=1S/C12H17N3O3S/c1-3-18-12(17)11(16)15-6-4-5-9(7-15)10-14-13-8(2)19-10/h9H,3-7H2,1-2H3. The fourth-order valence-electron chi connectivity index (χ4n) is 2.16. The van der Waals surface area contributed by atoms with E-state index in [1.54, 1.807) is 23.2 Å². The van der Waals surface area contributed by atoms with Gasteiger partial charge in [0.1, 0.15) is 10.0 Å². The third-order valence-electron chi connectivity index (χ3n) is 3.05. The lowest BCUT2D eigenvalue weighted by Gasteiger charge is -2.30. The average molecular weight is 283 g/mol. The summed E-state index contributed by atoms with van der Waals surface area (Å²) in [5, 5.41) is 9.99. The molecule has 7 heteroatoms. The summed E-state index contributed by atoms with van der Waals surface area (Å²) in [4.78, 5) is 24.9. The van der Waals surface area contributed by atoms with Gasteiger partial charge in [-0.3, -0.25) is 4.79 Å². The molecule has 1 aliphatic rings. The zero-order chi connectivity index (χ0) is 13.8. The van der Waals surface area contributed by atoms with Crippen LogP contribution in [0.25, 0.3) is 0 Å². The van der Waals surface area contributed by atoms with E-state index in [4.69, 9.17) is 4.74 Å². The van der Waals surface area contributed by atoms with Crippen LogP contribution in [-0.2, 0) is 14.3 Å². The van der Waals surface area contributed by atoms with Crippen LogP contribution in [0.3, 0.4) is 0 Å². The van der Waals surface area contributed by atoms with Crippen LogP contribution in [0.15, 0.2) is 0 Å². The minimum Gasteiger partial charge on any atom is -0.459 e. The van der Waals surface area contributed by atoms with Gasteiger partial charge < -0.3 is 9.64 Å². The number of ether oxygens (including phenoxy) is 1. The van der Waals surface area contributed by atoms with E-state index in [1.807, 2.05) is 6.92 Å². The number of piperidine rings is 1. The van der Waals surface area contributed by atoms with E-state index in [2.05, 4.69) is 10.2 Å². The summed E-state index contributed by atoms with van der Waals surface area (Å²) in [6.45, 7) is 4.94. The fraction of sp³-hybridized carbons (Fsp3) is 0.667. The number of aryl methyl sites for hydroxylation is 1. The zero-order valence-electron chi connectivity index (χ0n) is 11.1. The smallest absolute Gasteiger partial charge is 0.397 e. The molecule has 1 atom stereocenters. The number of hydrogen-bond acceptors (Lipinski definition) is 6. The van der Waals surface area contributed by atoms with E-state index in [-0.39, 0.29) is 12.5 Å². The van der Waals surface area contributed by atoms with Gasteiger partial charge in [-0.05, 0) is 26.7 Å². The Morgan fingerprint density at radius 2 is 2.26 bits per heavy atom. The van der Waals surface area contributed by atoms with Gasteiger partial charge >= 0.3 is 11.9 Å². The van der Waals surface area contributed by atoms with Crippen molar-refractivity contribution in [3.8, 4) is 0 Å². The highest BCUT2D eigenvalue weighted by molar-refractivity contribution is 7.11. The fourth-order valence-corrected chi connectivity index (χ4v) is 2.99. The van der Waals surface area contributed by atoms with Gasteiger partial charge in [0.25, 0.3) is 0 Å². The normalized spacial score (nSPS) is 19.3. The van der Waals surface area contributed by atoms with Gasteiger partial charge in [0.2, 0.25) is 0 Å². The maximum Gasteiger partial charge on any atom is 0.397 e. The molecule has 1 aromatic rings. The van der Waals surface area contributed by atoms with Crippen molar-refractivity contribution in [3.05, 3.63) is 10.0 Å². The SMILES string of the molecule is CCOC(=O)C(=O)N1CCCC(c2nnc(C)s2)C1. The lowest BCUT2D eigenvalue weighted by atomic mass is 9.99. The quantitative estimate of drug-likeness (QED) is 0.600. The highest BCUT2D eigenvalue weighted by atomic mass is 32.1. The van der Waals surface area contributed by atoms with E-state index < -0.39 is 11.9 Å². The molecule has 104 valence electrons. The van der Waals surface area contributed by atoms with Gasteiger partial charge in [-0.25, -0.2) is 4.79 Å². The molecule has 0 aliphatic carbocycles. The summed E-state index contributed by atoms with van der Waals surface area (Å²) in [5.41, 5.74) is 0. The van der Waals surface area contributed by atoms with Gasteiger partial charge in [-0.2, -0.15) is 0 Å². The van der Waals surface area contributed by atoms with Crippen molar-refractivity contribution in [2.24, 2.45) is 0 Å². The monoisotopic (exact) mass is 283 g/mol. The van der Waals surface area contributed by atoms with Crippen molar-refractivity contribution in [1.82, 2.24) is 15.1 Å². The predicted octanol–water partition coefficient (Wildman–Crippen LogP) is 1.12. The van der Waals surface area contributed by atoms with Gasteiger partial charge in [-0.15, -0.1) is 21.5 Å². The molecule has 0 saturated carbocycles. The van der Waals surface area contributed by atoms with Crippen LogP contribution in [0.1, 0.15) is 35.7 Å². The van der Waals surface area contributed by atoms with Crippen molar-refractivity contribution in [1.29, 1.82) is 0 Å². The Kier molecular flexibility index (Phi) is 4.47. The number of hydrogen-bond donors (Lipinski definition) is 0. The highest BCUT2D eigenvalue weighted by Gasteiger charge is 2.30.